The molecule has 0 nitrogen and oxygen atoms in total. The Labute approximate surface area is 79.5 Å². The van der Waals surface area contributed by atoms with Crippen LogP contribution in [0.1, 0.15) is 12.5 Å². The topological polar surface area (TPSA) is 0 Å². The Morgan fingerprint density at radius 2 is 2.27 bits per heavy atom. The average Bonchev–Trinajstić information content (AvgIpc) is 2.31. The van der Waals surface area contributed by atoms with E-state index in [1.54, 1.807) is 0 Å². The van der Waals surface area contributed by atoms with Crippen LogP contribution in [0.4, 0.5) is 0 Å². The predicted octanol–water partition coefficient (Wildman–Crippen LogP) is 3.65. The van der Waals surface area contributed by atoms with Gasteiger partial charge in [-0.25, -0.2) is 0 Å². The van der Waals surface area contributed by atoms with Crippen LogP contribution >= 0.6 is 27.7 Å². The van der Waals surface area contributed by atoms with E-state index in [-0.39, 0.29) is 0 Å². The molecular weight excluding hydrogens is 220 g/mol. The number of fused-ring (bicyclic) bond motifs is 1. The van der Waals surface area contributed by atoms with Crippen molar-refractivity contribution in [3.8, 4) is 0 Å². The summed E-state index contributed by atoms with van der Waals surface area (Å²) in [6.45, 7) is 2.19. The summed E-state index contributed by atoms with van der Waals surface area (Å²) >= 11 is 5.43. The van der Waals surface area contributed by atoms with Crippen molar-refractivity contribution >= 4 is 27.7 Å². The van der Waals surface area contributed by atoms with Crippen LogP contribution in [-0.4, -0.2) is 0 Å². The van der Waals surface area contributed by atoms with Gasteiger partial charge in [0.05, 0.1) is 0 Å². The second kappa shape index (κ2) is 2.83. The number of rotatable bonds is 0. The maximum Gasteiger partial charge on any atom is 0.0370 e. The van der Waals surface area contributed by atoms with Crippen molar-refractivity contribution in [2.75, 3.05) is 0 Å². The van der Waals surface area contributed by atoms with E-state index in [1.165, 1.54) is 20.2 Å². The summed E-state index contributed by atoms with van der Waals surface area (Å²) in [5.74, 6) is 0. The molecule has 1 radical (unpaired) electrons. The standard InChI is InChI=1S/C9H8BrS/c1-6-5-7-3-2-4-8(10)9(7)11-6/h2-4H,5H2,1H3. The normalized spacial score (nSPS) is 16.9. The fourth-order valence-corrected chi connectivity index (χ4v) is 2.95. The molecule has 1 aromatic carbocycles. The zero-order valence-corrected chi connectivity index (χ0v) is 8.63. The Morgan fingerprint density at radius 1 is 1.45 bits per heavy atom. The van der Waals surface area contributed by atoms with E-state index < -0.39 is 0 Å². The van der Waals surface area contributed by atoms with Gasteiger partial charge in [0, 0.05) is 14.6 Å². The molecule has 2 rings (SSSR count). The van der Waals surface area contributed by atoms with E-state index in [9.17, 15) is 0 Å². The highest BCUT2D eigenvalue weighted by Gasteiger charge is 2.20. The van der Waals surface area contributed by atoms with Crippen LogP contribution in [0, 0.1) is 5.25 Å². The predicted molar refractivity (Wildman–Crippen MR) is 52.6 cm³/mol. The molecule has 1 heterocycles. The molecule has 11 heavy (non-hydrogen) atoms. The van der Waals surface area contributed by atoms with Gasteiger partial charge in [-0.05, 0) is 40.9 Å². The van der Waals surface area contributed by atoms with Gasteiger partial charge in [-0.2, -0.15) is 0 Å². The van der Waals surface area contributed by atoms with Gasteiger partial charge in [0.15, 0.2) is 0 Å². The summed E-state index contributed by atoms with van der Waals surface area (Å²) in [4.78, 5) is 1.41. The van der Waals surface area contributed by atoms with Gasteiger partial charge in [0.1, 0.15) is 0 Å². The highest BCUT2D eigenvalue weighted by molar-refractivity contribution is 9.10. The molecule has 0 aliphatic carbocycles. The lowest BCUT2D eigenvalue weighted by Crippen LogP contribution is -1.81. The van der Waals surface area contributed by atoms with Crippen molar-refractivity contribution in [1.82, 2.24) is 0 Å². The summed E-state index contributed by atoms with van der Waals surface area (Å²) in [5, 5.41) is 1.49. The first-order chi connectivity index (χ1) is 5.27. The van der Waals surface area contributed by atoms with Crippen LogP contribution in [0.2, 0.25) is 0 Å². The van der Waals surface area contributed by atoms with Gasteiger partial charge in [-0.3, -0.25) is 0 Å². The van der Waals surface area contributed by atoms with Crippen molar-refractivity contribution in [2.24, 2.45) is 0 Å². The van der Waals surface area contributed by atoms with Crippen LogP contribution in [-0.2, 0) is 6.42 Å². The van der Waals surface area contributed by atoms with Gasteiger partial charge in [0.2, 0.25) is 0 Å². The molecule has 0 bridgehead atoms. The number of halogens is 1. The van der Waals surface area contributed by atoms with Gasteiger partial charge in [0.25, 0.3) is 0 Å². The van der Waals surface area contributed by atoms with E-state index >= 15 is 0 Å². The minimum absolute atomic E-state index is 1.14. The van der Waals surface area contributed by atoms with Crippen molar-refractivity contribution in [1.29, 1.82) is 0 Å². The summed E-state index contributed by atoms with van der Waals surface area (Å²) in [6.07, 6.45) is 1.14. The molecule has 0 atom stereocenters. The first-order valence-corrected chi connectivity index (χ1v) is 5.16. The average molecular weight is 228 g/mol. The van der Waals surface area contributed by atoms with E-state index in [0.717, 1.165) is 6.42 Å². The Balaban J connectivity index is 2.49. The molecule has 57 valence electrons. The quantitative estimate of drug-likeness (QED) is 0.653. The van der Waals surface area contributed by atoms with Gasteiger partial charge in [-0.15, -0.1) is 11.8 Å². The SMILES string of the molecule is C[C]1Cc2cccc(Br)c2S1. The minimum atomic E-state index is 1.14. The molecule has 0 saturated heterocycles. The third-order valence-corrected chi connectivity index (χ3v) is 3.87. The molecule has 0 saturated carbocycles. The number of hydrogen-bond donors (Lipinski definition) is 0. The third-order valence-electron chi connectivity index (χ3n) is 1.76. The van der Waals surface area contributed by atoms with Gasteiger partial charge >= 0.3 is 0 Å². The molecule has 1 aliphatic rings. The summed E-state index contributed by atoms with van der Waals surface area (Å²) in [6, 6.07) is 6.40. The fraction of sp³-hybridized carbons (Fsp3) is 0.222. The molecule has 2 heteroatoms. The zero-order chi connectivity index (χ0) is 7.84. The lowest BCUT2D eigenvalue weighted by molar-refractivity contribution is 1.10. The molecule has 0 spiro atoms. The molecule has 0 aromatic heterocycles. The second-order valence-corrected chi connectivity index (χ2v) is 4.87. The molecule has 0 N–H and O–H groups in total. The van der Waals surface area contributed by atoms with Crippen molar-refractivity contribution in [3.05, 3.63) is 33.5 Å². The fourth-order valence-electron chi connectivity index (χ4n) is 1.29. The molecular formula is C9H8BrS. The van der Waals surface area contributed by atoms with Crippen molar-refractivity contribution in [3.63, 3.8) is 0 Å². The zero-order valence-electron chi connectivity index (χ0n) is 6.23. The van der Waals surface area contributed by atoms with Crippen LogP contribution in [0.5, 0.6) is 0 Å². The maximum absolute atomic E-state index is 3.54. The molecule has 0 amide bonds. The van der Waals surface area contributed by atoms with E-state index in [2.05, 4.69) is 41.1 Å². The Morgan fingerprint density at radius 3 is 3.00 bits per heavy atom. The second-order valence-electron chi connectivity index (χ2n) is 2.71. The van der Waals surface area contributed by atoms with E-state index in [4.69, 9.17) is 0 Å². The van der Waals surface area contributed by atoms with Crippen LogP contribution < -0.4 is 0 Å². The summed E-state index contributed by atoms with van der Waals surface area (Å²) in [7, 11) is 0. The van der Waals surface area contributed by atoms with Crippen LogP contribution in [0.25, 0.3) is 0 Å². The number of benzene rings is 1. The maximum atomic E-state index is 3.54. The van der Waals surface area contributed by atoms with Crippen molar-refractivity contribution in [2.45, 2.75) is 18.2 Å². The highest BCUT2D eigenvalue weighted by Crippen LogP contribution is 2.44. The van der Waals surface area contributed by atoms with E-state index in [1.807, 2.05) is 11.8 Å². The van der Waals surface area contributed by atoms with Gasteiger partial charge < -0.3 is 0 Å². The first-order valence-electron chi connectivity index (χ1n) is 3.55. The monoisotopic (exact) mass is 227 g/mol. The first kappa shape index (κ1) is 7.69. The Bertz CT molecular complexity index is 283. The van der Waals surface area contributed by atoms with Gasteiger partial charge in [-0.1, -0.05) is 12.1 Å². The number of hydrogen-bond acceptors (Lipinski definition) is 1. The number of thioether (sulfide) groups is 1. The highest BCUT2D eigenvalue weighted by atomic mass is 79.9. The summed E-state index contributed by atoms with van der Waals surface area (Å²) in [5.41, 5.74) is 1.46. The largest absolute Gasteiger partial charge is 0.116 e. The summed E-state index contributed by atoms with van der Waals surface area (Å²) < 4.78 is 1.23. The molecule has 1 aromatic rings. The molecule has 1 aliphatic heterocycles. The Kier molecular flexibility index (Phi) is 1.98. The lowest BCUT2D eigenvalue weighted by atomic mass is 10.1. The van der Waals surface area contributed by atoms with Crippen LogP contribution in [0.3, 0.4) is 0 Å². The smallest absolute Gasteiger partial charge is 0.0370 e. The lowest BCUT2D eigenvalue weighted by Gasteiger charge is -1.98. The molecule has 0 unspecified atom stereocenters. The third kappa shape index (κ3) is 1.34. The van der Waals surface area contributed by atoms with Crippen LogP contribution in [0.15, 0.2) is 27.6 Å². The molecule has 0 fully saturated rings. The minimum Gasteiger partial charge on any atom is -0.116 e. The Hall–Kier alpha value is 0.0500. The van der Waals surface area contributed by atoms with Crippen molar-refractivity contribution < 1.29 is 0 Å². The van der Waals surface area contributed by atoms with E-state index in [0.29, 0.717) is 0 Å².